The van der Waals surface area contributed by atoms with Crippen LogP contribution in [0.2, 0.25) is 0 Å². The summed E-state index contributed by atoms with van der Waals surface area (Å²) in [5.41, 5.74) is 1.14. The Hall–Kier alpha value is -1.84. The van der Waals surface area contributed by atoms with Crippen LogP contribution in [0.15, 0.2) is 24.3 Å². The lowest BCUT2D eigenvalue weighted by Gasteiger charge is -2.13. The van der Waals surface area contributed by atoms with Gasteiger partial charge in [0.2, 0.25) is 5.91 Å². The van der Waals surface area contributed by atoms with Gasteiger partial charge in [0.15, 0.2) is 0 Å². The Bertz CT molecular complexity index is 384. The van der Waals surface area contributed by atoms with Crippen molar-refractivity contribution in [1.82, 2.24) is 5.32 Å². The minimum atomic E-state index is -0.947. The fraction of sp³-hybridized carbons (Fsp3) is 0.333. The largest absolute Gasteiger partial charge is 0.478 e. The first-order chi connectivity index (χ1) is 7.54. The molecule has 0 aliphatic heterocycles. The summed E-state index contributed by atoms with van der Waals surface area (Å²) in [7, 11) is 0. The van der Waals surface area contributed by atoms with E-state index < -0.39 is 5.97 Å². The number of benzene rings is 1. The number of carbonyl (C=O) groups excluding carboxylic acids is 1. The predicted molar refractivity (Wildman–Crippen MR) is 60.3 cm³/mol. The summed E-state index contributed by atoms with van der Waals surface area (Å²) in [5.74, 6) is -0.966. The Morgan fingerprint density at radius 2 is 1.88 bits per heavy atom. The van der Waals surface area contributed by atoms with Crippen molar-refractivity contribution >= 4 is 11.9 Å². The second-order valence-corrected chi connectivity index (χ2v) is 3.57. The molecule has 0 aliphatic rings. The van der Waals surface area contributed by atoms with Gasteiger partial charge in [-0.05, 0) is 24.6 Å². The van der Waals surface area contributed by atoms with E-state index in [4.69, 9.17) is 5.11 Å². The van der Waals surface area contributed by atoms with E-state index in [1.165, 1.54) is 12.1 Å². The van der Waals surface area contributed by atoms with Crippen molar-refractivity contribution in [3.8, 4) is 0 Å². The maximum atomic E-state index is 11.2. The van der Waals surface area contributed by atoms with Crippen LogP contribution in [0.25, 0.3) is 0 Å². The van der Waals surface area contributed by atoms with Gasteiger partial charge in [0.1, 0.15) is 0 Å². The van der Waals surface area contributed by atoms with Crippen LogP contribution in [0.4, 0.5) is 0 Å². The SMILES string of the molecule is CCC(=O)NC(C)c1ccc(C(=O)O)cc1. The first-order valence-electron chi connectivity index (χ1n) is 5.17. The molecule has 86 valence electrons. The van der Waals surface area contributed by atoms with Crippen LogP contribution < -0.4 is 5.32 Å². The molecule has 1 rings (SSSR count). The average molecular weight is 221 g/mol. The standard InChI is InChI=1S/C12H15NO3/c1-3-11(14)13-8(2)9-4-6-10(7-5-9)12(15)16/h4-8H,3H2,1-2H3,(H,13,14)(H,15,16). The van der Waals surface area contributed by atoms with E-state index in [2.05, 4.69) is 5.32 Å². The van der Waals surface area contributed by atoms with E-state index >= 15 is 0 Å². The smallest absolute Gasteiger partial charge is 0.335 e. The fourth-order valence-electron chi connectivity index (χ4n) is 1.34. The number of hydrogen-bond donors (Lipinski definition) is 2. The van der Waals surface area contributed by atoms with Gasteiger partial charge in [0.05, 0.1) is 11.6 Å². The highest BCUT2D eigenvalue weighted by molar-refractivity contribution is 5.87. The number of carbonyl (C=O) groups is 2. The summed E-state index contributed by atoms with van der Waals surface area (Å²) in [6, 6.07) is 6.39. The normalized spacial score (nSPS) is 11.9. The molecule has 0 saturated heterocycles. The van der Waals surface area contributed by atoms with Crippen molar-refractivity contribution in [3.05, 3.63) is 35.4 Å². The van der Waals surface area contributed by atoms with Crippen LogP contribution in [-0.2, 0) is 4.79 Å². The average Bonchev–Trinajstić information content (AvgIpc) is 2.28. The highest BCUT2D eigenvalue weighted by Gasteiger charge is 2.09. The second kappa shape index (κ2) is 5.30. The van der Waals surface area contributed by atoms with Crippen LogP contribution in [0.5, 0.6) is 0 Å². The van der Waals surface area contributed by atoms with E-state index in [0.717, 1.165) is 5.56 Å². The Kier molecular flexibility index (Phi) is 4.05. The zero-order valence-electron chi connectivity index (χ0n) is 9.36. The minimum absolute atomic E-state index is 0.0187. The van der Waals surface area contributed by atoms with Gasteiger partial charge >= 0.3 is 5.97 Å². The highest BCUT2D eigenvalue weighted by Crippen LogP contribution is 2.13. The van der Waals surface area contributed by atoms with Gasteiger partial charge < -0.3 is 10.4 Å². The Morgan fingerprint density at radius 1 is 1.31 bits per heavy atom. The molecule has 0 aliphatic carbocycles. The third-order valence-corrected chi connectivity index (χ3v) is 2.36. The molecule has 1 aromatic rings. The van der Waals surface area contributed by atoms with Crippen molar-refractivity contribution < 1.29 is 14.7 Å². The third kappa shape index (κ3) is 3.08. The number of carboxylic acid groups (broad SMARTS) is 1. The van der Waals surface area contributed by atoms with Gasteiger partial charge in [0.25, 0.3) is 0 Å². The molecule has 0 heterocycles. The van der Waals surface area contributed by atoms with E-state index in [0.29, 0.717) is 6.42 Å². The van der Waals surface area contributed by atoms with Gasteiger partial charge in [-0.1, -0.05) is 19.1 Å². The van der Waals surface area contributed by atoms with E-state index in [1.54, 1.807) is 19.1 Å². The van der Waals surface area contributed by atoms with Crippen LogP contribution in [0, 0.1) is 0 Å². The zero-order valence-corrected chi connectivity index (χ0v) is 9.36. The maximum absolute atomic E-state index is 11.2. The molecule has 0 radical (unpaired) electrons. The molecule has 0 saturated carbocycles. The van der Waals surface area contributed by atoms with Gasteiger partial charge in [-0.2, -0.15) is 0 Å². The Balaban J connectivity index is 2.73. The molecule has 0 fully saturated rings. The first kappa shape index (κ1) is 12.2. The third-order valence-electron chi connectivity index (χ3n) is 2.36. The second-order valence-electron chi connectivity index (χ2n) is 3.57. The molecule has 4 nitrogen and oxygen atoms in total. The molecule has 16 heavy (non-hydrogen) atoms. The molecule has 0 aromatic heterocycles. The first-order valence-corrected chi connectivity index (χ1v) is 5.17. The molecule has 1 atom stereocenters. The molecule has 0 bridgehead atoms. The number of rotatable bonds is 4. The topological polar surface area (TPSA) is 66.4 Å². The van der Waals surface area contributed by atoms with Crippen molar-refractivity contribution in [3.63, 3.8) is 0 Å². The molecule has 0 spiro atoms. The number of nitrogens with one attached hydrogen (secondary N) is 1. The highest BCUT2D eigenvalue weighted by atomic mass is 16.4. The van der Waals surface area contributed by atoms with Gasteiger partial charge in [0, 0.05) is 6.42 Å². The molecule has 1 unspecified atom stereocenters. The lowest BCUT2D eigenvalue weighted by atomic mass is 10.1. The van der Waals surface area contributed by atoms with Crippen LogP contribution in [0.1, 0.15) is 42.2 Å². The van der Waals surface area contributed by atoms with Crippen LogP contribution in [0.3, 0.4) is 0 Å². The summed E-state index contributed by atoms with van der Waals surface area (Å²) < 4.78 is 0. The lowest BCUT2D eigenvalue weighted by molar-refractivity contribution is -0.121. The van der Waals surface area contributed by atoms with Gasteiger partial charge in [-0.3, -0.25) is 4.79 Å². The summed E-state index contributed by atoms with van der Waals surface area (Å²) >= 11 is 0. The Morgan fingerprint density at radius 3 is 2.31 bits per heavy atom. The molecular formula is C12H15NO3. The van der Waals surface area contributed by atoms with E-state index in [9.17, 15) is 9.59 Å². The van der Waals surface area contributed by atoms with Crippen molar-refractivity contribution in [2.75, 3.05) is 0 Å². The lowest BCUT2D eigenvalue weighted by Crippen LogP contribution is -2.25. The van der Waals surface area contributed by atoms with Crippen LogP contribution in [-0.4, -0.2) is 17.0 Å². The summed E-state index contributed by atoms with van der Waals surface area (Å²) in [6.45, 7) is 3.65. The summed E-state index contributed by atoms with van der Waals surface area (Å²) in [4.78, 5) is 21.8. The number of carboxylic acids is 1. The molecule has 2 N–H and O–H groups in total. The molecule has 4 heteroatoms. The number of amides is 1. The monoisotopic (exact) mass is 221 g/mol. The summed E-state index contributed by atoms with van der Waals surface area (Å²) in [6.07, 6.45) is 0.442. The van der Waals surface area contributed by atoms with Crippen LogP contribution >= 0.6 is 0 Å². The molecule has 1 aromatic carbocycles. The zero-order chi connectivity index (χ0) is 12.1. The van der Waals surface area contributed by atoms with E-state index in [-0.39, 0.29) is 17.5 Å². The number of aromatic carboxylic acids is 1. The minimum Gasteiger partial charge on any atom is -0.478 e. The van der Waals surface area contributed by atoms with Crippen molar-refractivity contribution in [1.29, 1.82) is 0 Å². The maximum Gasteiger partial charge on any atom is 0.335 e. The predicted octanol–water partition coefficient (Wildman–Crippen LogP) is 1.97. The van der Waals surface area contributed by atoms with E-state index in [1.807, 2.05) is 6.92 Å². The van der Waals surface area contributed by atoms with Gasteiger partial charge in [-0.25, -0.2) is 4.79 Å². The number of hydrogen-bond acceptors (Lipinski definition) is 2. The van der Waals surface area contributed by atoms with Gasteiger partial charge in [-0.15, -0.1) is 0 Å². The fourth-order valence-corrected chi connectivity index (χ4v) is 1.34. The van der Waals surface area contributed by atoms with Crippen molar-refractivity contribution in [2.24, 2.45) is 0 Å². The quantitative estimate of drug-likeness (QED) is 0.816. The summed E-state index contributed by atoms with van der Waals surface area (Å²) in [5, 5.41) is 11.5. The Labute approximate surface area is 94.3 Å². The molecule has 1 amide bonds. The van der Waals surface area contributed by atoms with Crippen molar-refractivity contribution in [2.45, 2.75) is 26.3 Å². The molecular weight excluding hydrogens is 206 g/mol.